The summed E-state index contributed by atoms with van der Waals surface area (Å²) in [5.74, 6) is 0.786. The van der Waals surface area contributed by atoms with Crippen molar-refractivity contribution in [1.29, 1.82) is 0 Å². The van der Waals surface area contributed by atoms with Gasteiger partial charge >= 0.3 is 0 Å². The highest BCUT2D eigenvalue weighted by Crippen LogP contribution is 2.27. The lowest BCUT2D eigenvalue weighted by Gasteiger charge is -2.22. The average molecular weight is 337 g/mol. The number of unbranched alkanes of at least 4 members (excludes halogenated alkanes) is 2. The topological polar surface area (TPSA) is 58.5 Å². The molecule has 0 amide bonds. The van der Waals surface area contributed by atoms with E-state index in [-0.39, 0.29) is 4.90 Å². The highest BCUT2D eigenvalue weighted by molar-refractivity contribution is 7.89. The fourth-order valence-corrected chi connectivity index (χ4v) is 3.84. The lowest BCUT2D eigenvalue weighted by Crippen LogP contribution is -2.22. The molecule has 1 aliphatic rings. The Morgan fingerprint density at radius 1 is 1.13 bits per heavy atom. The summed E-state index contributed by atoms with van der Waals surface area (Å²) in [7, 11) is -3.55. The predicted octanol–water partition coefficient (Wildman–Crippen LogP) is 4.40. The van der Waals surface area contributed by atoms with Crippen molar-refractivity contribution in [1.82, 2.24) is 4.83 Å². The summed E-state index contributed by atoms with van der Waals surface area (Å²) >= 11 is 0. The minimum atomic E-state index is -3.55. The monoisotopic (exact) mass is 336 g/mol. The van der Waals surface area contributed by atoms with E-state index >= 15 is 0 Å². The molecule has 0 aliphatic heterocycles. The predicted molar refractivity (Wildman–Crippen MR) is 95.0 cm³/mol. The molecule has 1 fully saturated rings. The Balaban J connectivity index is 1.85. The second kappa shape index (κ2) is 8.48. The molecule has 4 nitrogen and oxygen atoms in total. The fourth-order valence-electron chi connectivity index (χ4n) is 2.99. The van der Waals surface area contributed by atoms with Gasteiger partial charge in [0.2, 0.25) is 0 Å². The number of hydrogen-bond acceptors (Lipinski definition) is 3. The van der Waals surface area contributed by atoms with Gasteiger partial charge in [-0.3, -0.25) is 0 Å². The maximum atomic E-state index is 12.2. The molecule has 1 aliphatic carbocycles. The van der Waals surface area contributed by atoms with Crippen LogP contribution in [0.2, 0.25) is 0 Å². The number of hydrogen-bond donors (Lipinski definition) is 1. The summed E-state index contributed by atoms with van der Waals surface area (Å²) in [6, 6.07) is 6.82. The van der Waals surface area contributed by atoms with Crippen molar-refractivity contribution in [2.75, 3.05) is 0 Å². The van der Waals surface area contributed by atoms with Gasteiger partial charge in [-0.15, -0.1) is 0 Å². The zero-order valence-electron chi connectivity index (χ0n) is 14.2. The Bertz CT molecular complexity index is 611. The Labute approximate surface area is 140 Å². The largest absolute Gasteiger partial charge is 0.276 e. The van der Waals surface area contributed by atoms with Crippen LogP contribution in [-0.4, -0.2) is 14.1 Å². The zero-order chi connectivity index (χ0) is 16.7. The first-order chi connectivity index (χ1) is 11.0. The van der Waals surface area contributed by atoms with Crippen LogP contribution in [0.15, 0.2) is 34.3 Å². The van der Waals surface area contributed by atoms with Crippen LogP contribution in [0.1, 0.15) is 63.9 Å². The molecule has 1 aromatic carbocycles. The van der Waals surface area contributed by atoms with E-state index in [2.05, 4.69) is 16.9 Å². The van der Waals surface area contributed by atoms with Gasteiger partial charge < -0.3 is 0 Å². The number of aryl methyl sites for hydroxylation is 1. The molecule has 1 N–H and O–H groups in total. The number of nitrogens with one attached hydrogen (secondary N) is 1. The van der Waals surface area contributed by atoms with Gasteiger partial charge in [0.05, 0.1) is 4.90 Å². The third-order valence-corrected chi connectivity index (χ3v) is 5.78. The van der Waals surface area contributed by atoms with Crippen LogP contribution in [0, 0.1) is 12.8 Å². The lowest BCUT2D eigenvalue weighted by atomic mass is 9.84. The SMILES string of the molecule is CCCCCC1CCC(=NNS(=O)(=O)c2ccc(C)cc2)CC1. The number of sulfonamides is 1. The molecule has 5 heteroatoms. The van der Waals surface area contributed by atoms with Gasteiger partial charge in [0.1, 0.15) is 0 Å². The van der Waals surface area contributed by atoms with Crippen LogP contribution in [-0.2, 0) is 10.0 Å². The first-order valence-electron chi connectivity index (χ1n) is 8.65. The van der Waals surface area contributed by atoms with Crippen molar-refractivity contribution < 1.29 is 8.42 Å². The van der Waals surface area contributed by atoms with Gasteiger partial charge in [0.25, 0.3) is 10.0 Å². The summed E-state index contributed by atoms with van der Waals surface area (Å²) < 4.78 is 24.4. The van der Waals surface area contributed by atoms with Gasteiger partial charge in [0.15, 0.2) is 0 Å². The smallest absolute Gasteiger partial charge is 0.200 e. The van der Waals surface area contributed by atoms with Crippen molar-refractivity contribution in [3.63, 3.8) is 0 Å². The molecule has 1 saturated carbocycles. The van der Waals surface area contributed by atoms with E-state index in [9.17, 15) is 8.42 Å². The normalized spacial score (nSPS) is 18.7. The number of benzene rings is 1. The highest BCUT2D eigenvalue weighted by Gasteiger charge is 2.18. The molecule has 2 rings (SSSR count). The van der Waals surface area contributed by atoms with Gasteiger partial charge in [0, 0.05) is 5.71 Å². The Morgan fingerprint density at radius 2 is 1.78 bits per heavy atom. The van der Waals surface area contributed by atoms with E-state index in [1.54, 1.807) is 24.3 Å². The Morgan fingerprint density at radius 3 is 2.39 bits per heavy atom. The van der Waals surface area contributed by atoms with Crippen LogP contribution in [0.25, 0.3) is 0 Å². The number of nitrogens with zero attached hydrogens (tertiary/aromatic N) is 1. The molecular formula is C18H28N2O2S. The molecule has 0 atom stereocenters. The summed E-state index contributed by atoms with van der Waals surface area (Å²) in [6.45, 7) is 4.16. The minimum Gasteiger partial charge on any atom is -0.200 e. The molecule has 0 radical (unpaired) electrons. The second-order valence-corrected chi connectivity index (χ2v) is 8.19. The molecule has 1 aromatic rings. The third kappa shape index (κ3) is 5.65. The van der Waals surface area contributed by atoms with Crippen LogP contribution in [0.5, 0.6) is 0 Å². The summed E-state index contributed by atoms with van der Waals surface area (Å²) in [4.78, 5) is 2.66. The molecule has 0 spiro atoms. The van der Waals surface area contributed by atoms with Crippen LogP contribution in [0.3, 0.4) is 0 Å². The van der Waals surface area contributed by atoms with E-state index in [4.69, 9.17) is 0 Å². The van der Waals surface area contributed by atoms with E-state index in [1.807, 2.05) is 6.92 Å². The van der Waals surface area contributed by atoms with Gasteiger partial charge in [-0.05, 0) is 50.7 Å². The van der Waals surface area contributed by atoms with Crippen molar-refractivity contribution in [2.45, 2.75) is 70.1 Å². The third-order valence-electron chi connectivity index (χ3n) is 4.55. The van der Waals surface area contributed by atoms with Crippen LogP contribution >= 0.6 is 0 Å². The van der Waals surface area contributed by atoms with E-state index in [1.165, 1.54) is 25.7 Å². The molecular weight excluding hydrogens is 308 g/mol. The Hall–Kier alpha value is -1.36. The molecule has 0 bridgehead atoms. The number of hydrazone groups is 1. The summed E-state index contributed by atoms with van der Waals surface area (Å²) in [5, 5.41) is 4.16. The van der Waals surface area contributed by atoms with Crippen molar-refractivity contribution in [3.05, 3.63) is 29.8 Å². The lowest BCUT2D eigenvalue weighted by molar-refractivity contribution is 0.394. The zero-order valence-corrected chi connectivity index (χ0v) is 15.0. The van der Waals surface area contributed by atoms with E-state index in [0.29, 0.717) is 0 Å². The van der Waals surface area contributed by atoms with Gasteiger partial charge in [-0.25, -0.2) is 4.83 Å². The standard InChI is InChI=1S/C18H28N2O2S/c1-3-4-5-6-16-9-11-17(12-10-16)19-20-23(21,22)18-13-7-15(2)8-14-18/h7-8,13-14,16,20H,3-6,9-12H2,1-2H3. The van der Waals surface area contributed by atoms with Gasteiger partial charge in [-0.2, -0.15) is 13.5 Å². The van der Waals surface area contributed by atoms with Crippen molar-refractivity contribution in [3.8, 4) is 0 Å². The van der Waals surface area contributed by atoms with Crippen molar-refractivity contribution >= 4 is 15.7 Å². The second-order valence-electron chi connectivity index (χ2n) is 6.52. The van der Waals surface area contributed by atoms with Crippen molar-refractivity contribution in [2.24, 2.45) is 11.0 Å². The molecule has 23 heavy (non-hydrogen) atoms. The van der Waals surface area contributed by atoms with Gasteiger partial charge in [-0.1, -0.05) is 50.3 Å². The maximum absolute atomic E-state index is 12.2. The molecule has 0 saturated heterocycles. The van der Waals surface area contributed by atoms with E-state index in [0.717, 1.165) is 42.9 Å². The number of rotatable bonds is 7. The fraction of sp³-hybridized carbons (Fsp3) is 0.611. The molecule has 0 aromatic heterocycles. The average Bonchev–Trinajstić information content (AvgIpc) is 2.55. The maximum Gasteiger partial charge on any atom is 0.276 e. The van der Waals surface area contributed by atoms with Crippen LogP contribution in [0.4, 0.5) is 0 Å². The summed E-state index contributed by atoms with van der Waals surface area (Å²) in [6.07, 6.45) is 9.28. The molecule has 128 valence electrons. The minimum absolute atomic E-state index is 0.265. The Kier molecular flexibility index (Phi) is 6.63. The summed E-state index contributed by atoms with van der Waals surface area (Å²) in [5.41, 5.74) is 2.02. The quantitative estimate of drug-likeness (QED) is 0.592. The first-order valence-corrected chi connectivity index (χ1v) is 10.1. The highest BCUT2D eigenvalue weighted by atomic mass is 32.2. The molecule has 0 heterocycles. The first kappa shape index (κ1) is 18.0. The molecule has 0 unspecified atom stereocenters. The van der Waals surface area contributed by atoms with E-state index < -0.39 is 10.0 Å². The van der Waals surface area contributed by atoms with Crippen LogP contribution < -0.4 is 4.83 Å².